The van der Waals surface area contributed by atoms with Crippen molar-refractivity contribution in [2.45, 2.75) is 31.1 Å². The number of nitrogens with zero attached hydrogens (tertiary/aromatic N) is 1. The molecule has 5 nitrogen and oxygen atoms in total. The summed E-state index contributed by atoms with van der Waals surface area (Å²) in [4.78, 5) is 11.5. The number of halogens is 2. The van der Waals surface area contributed by atoms with Crippen molar-refractivity contribution in [1.82, 2.24) is 4.31 Å². The Balaban J connectivity index is 2.00. The number of carboxylic acids is 1. The van der Waals surface area contributed by atoms with E-state index in [4.69, 9.17) is 11.6 Å². The normalized spacial score (nSPS) is 28.0. The van der Waals surface area contributed by atoms with Gasteiger partial charge in [-0.3, -0.25) is 4.79 Å². The molecule has 23 heavy (non-hydrogen) atoms. The molecule has 0 bridgehead atoms. The minimum atomic E-state index is -3.95. The average Bonchev–Trinajstić information content (AvgIpc) is 3.00. The van der Waals surface area contributed by atoms with Gasteiger partial charge in [0.15, 0.2) is 0 Å². The molecule has 1 aliphatic carbocycles. The highest BCUT2D eigenvalue weighted by Gasteiger charge is 2.57. The molecular weight excluding hydrogens is 345 g/mol. The van der Waals surface area contributed by atoms with E-state index in [1.807, 2.05) is 0 Å². The molecule has 8 heteroatoms. The monoisotopic (exact) mass is 361 g/mol. The lowest BCUT2D eigenvalue weighted by molar-refractivity contribution is -0.149. The smallest absolute Gasteiger partial charge is 0.311 e. The average molecular weight is 362 g/mol. The van der Waals surface area contributed by atoms with Crippen LogP contribution in [0.15, 0.2) is 17.0 Å². The van der Waals surface area contributed by atoms with Crippen LogP contribution in [0.2, 0.25) is 5.02 Å². The van der Waals surface area contributed by atoms with Crippen molar-refractivity contribution < 1.29 is 22.7 Å². The standard InChI is InChI=1S/C15H17ClFNO4S/c1-9-5-13(11(16)6-12(9)17)23(21,22)18-7-10-3-2-4-15(10,8-18)14(19)20/h5-6,10H,2-4,7-8H2,1H3,(H,19,20)/t10-,15+/m0/s1. The van der Waals surface area contributed by atoms with E-state index in [2.05, 4.69) is 0 Å². The Morgan fingerprint density at radius 3 is 2.78 bits per heavy atom. The highest BCUT2D eigenvalue weighted by molar-refractivity contribution is 7.89. The van der Waals surface area contributed by atoms with Gasteiger partial charge in [-0.15, -0.1) is 0 Å². The van der Waals surface area contributed by atoms with Crippen LogP contribution in [-0.4, -0.2) is 36.9 Å². The number of fused-ring (bicyclic) bond motifs is 1. The summed E-state index contributed by atoms with van der Waals surface area (Å²) in [5.74, 6) is -1.71. The van der Waals surface area contributed by atoms with E-state index >= 15 is 0 Å². The first-order valence-electron chi connectivity index (χ1n) is 7.38. The number of carbonyl (C=O) groups is 1. The van der Waals surface area contributed by atoms with Gasteiger partial charge in [0, 0.05) is 13.1 Å². The van der Waals surface area contributed by atoms with Gasteiger partial charge in [-0.25, -0.2) is 12.8 Å². The van der Waals surface area contributed by atoms with Gasteiger partial charge in [-0.2, -0.15) is 4.31 Å². The molecule has 1 aromatic rings. The summed E-state index contributed by atoms with van der Waals surface area (Å²) in [5.41, 5.74) is -0.824. The Labute approximate surface area is 139 Å². The molecular formula is C15H17ClFNO4S. The summed E-state index contributed by atoms with van der Waals surface area (Å²) in [7, 11) is -3.95. The van der Waals surface area contributed by atoms with Crippen LogP contribution in [0.1, 0.15) is 24.8 Å². The second-order valence-electron chi connectivity index (χ2n) is 6.38. The molecule has 2 fully saturated rings. The van der Waals surface area contributed by atoms with Crippen LogP contribution in [0.5, 0.6) is 0 Å². The number of rotatable bonds is 3. The molecule has 1 aromatic carbocycles. The summed E-state index contributed by atoms with van der Waals surface area (Å²) < 4.78 is 40.4. The number of carboxylic acid groups (broad SMARTS) is 1. The SMILES string of the molecule is Cc1cc(S(=O)(=O)N2C[C@@H]3CCC[C@@]3(C(=O)O)C2)c(Cl)cc1F. The number of benzene rings is 1. The van der Waals surface area contributed by atoms with E-state index < -0.39 is 27.2 Å². The van der Waals surface area contributed by atoms with Gasteiger partial charge in [0.1, 0.15) is 10.7 Å². The van der Waals surface area contributed by atoms with Crippen LogP contribution in [0.25, 0.3) is 0 Å². The van der Waals surface area contributed by atoms with Crippen LogP contribution in [0.4, 0.5) is 4.39 Å². The minimum Gasteiger partial charge on any atom is -0.481 e. The molecule has 1 saturated carbocycles. The first-order chi connectivity index (χ1) is 10.7. The molecule has 0 aromatic heterocycles. The third-order valence-electron chi connectivity index (χ3n) is 5.10. The highest BCUT2D eigenvalue weighted by Crippen LogP contribution is 2.50. The maximum atomic E-state index is 13.5. The molecule has 1 aliphatic heterocycles. The topological polar surface area (TPSA) is 74.7 Å². The Morgan fingerprint density at radius 1 is 1.48 bits per heavy atom. The Morgan fingerprint density at radius 2 is 2.17 bits per heavy atom. The molecule has 1 heterocycles. The van der Waals surface area contributed by atoms with Crippen molar-refractivity contribution in [1.29, 1.82) is 0 Å². The Kier molecular flexibility index (Phi) is 3.93. The summed E-state index contributed by atoms with van der Waals surface area (Å²) in [6.45, 7) is 1.58. The van der Waals surface area contributed by atoms with Crippen molar-refractivity contribution in [2.75, 3.05) is 13.1 Å². The van der Waals surface area contributed by atoms with Gasteiger partial charge in [-0.1, -0.05) is 18.0 Å². The molecule has 0 radical (unpaired) electrons. The van der Waals surface area contributed by atoms with Crippen molar-refractivity contribution >= 4 is 27.6 Å². The number of hydrogen-bond acceptors (Lipinski definition) is 3. The maximum Gasteiger partial charge on any atom is 0.311 e. The molecule has 0 unspecified atom stereocenters. The first-order valence-corrected chi connectivity index (χ1v) is 9.19. The third-order valence-corrected chi connectivity index (χ3v) is 7.37. The highest BCUT2D eigenvalue weighted by atomic mass is 35.5. The second kappa shape index (κ2) is 5.43. The quantitative estimate of drug-likeness (QED) is 0.898. The molecule has 2 aliphatic rings. The number of sulfonamides is 1. The van der Waals surface area contributed by atoms with E-state index in [1.54, 1.807) is 0 Å². The predicted molar refractivity (Wildman–Crippen MR) is 82.3 cm³/mol. The van der Waals surface area contributed by atoms with Gasteiger partial charge < -0.3 is 5.11 Å². The third kappa shape index (κ3) is 2.45. The Hall–Kier alpha value is -1.18. The molecule has 1 saturated heterocycles. The van der Waals surface area contributed by atoms with Crippen LogP contribution in [-0.2, 0) is 14.8 Å². The van der Waals surface area contributed by atoms with E-state index in [0.29, 0.717) is 12.8 Å². The van der Waals surface area contributed by atoms with Crippen molar-refractivity contribution in [3.05, 3.63) is 28.5 Å². The van der Waals surface area contributed by atoms with E-state index in [9.17, 15) is 22.7 Å². The van der Waals surface area contributed by atoms with E-state index in [0.717, 1.165) is 12.5 Å². The van der Waals surface area contributed by atoms with Gasteiger partial charge in [0.05, 0.1) is 10.4 Å². The minimum absolute atomic E-state index is 0.0535. The first kappa shape index (κ1) is 16.7. The fourth-order valence-corrected chi connectivity index (χ4v) is 5.87. The lowest BCUT2D eigenvalue weighted by atomic mass is 9.81. The number of aryl methyl sites for hydroxylation is 1. The molecule has 0 amide bonds. The van der Waals surface area contributed by atoms with Crippen LogP contribution in [0, 0.1) is 24.1 Å². The maximum absolute atomic E-state index is 13.5. The van der Waals surface area contributed by atoms with Crippen molar-refractivity contribution in [3.8, 4) is 0 Å². The molecule has 2 atom stereocenters. The van der Waals surface area contributed by atoms with Gasteiger partial charge >= 0.3 is 5.97 Å². The van der Waals surface area contributed by atoms with Gasteiger partial charge in [0.2, 0.25) is 10.0 Å². The number of hydrogen-bond donors (Lipinski definition) is 1. The Bertz CT molecular complexity index is 782. The number of aliphatic carboxylic acids is 1. The van der Waals surface area contributed by atoms with E-state index in [-0.39, 0.29) is 34.5 Å². The zero-order chi connectivity index (χ0) is 17.0. The molecule has 1 N–H and O–H groups in total. The lowest BCUT2D eigenvalue weighted by Gasteiger charge is -2.23. The summed E-state index contributed by atoms with van der Waals surface area (Å²) in [6, 6.07) is 2.18. The molecule has 0 spiro atoms. The summed E-state index contributed by atoms with van der Waals surface area (Å²) >= 11 is 5.92. The van der Waals surface area contributed by atoms with Crippen molar-refractivity contribution in [3.63, 3.8) is 0 Å². The molecule has 3 rings (SSSR count). The van der Waals surface area contributed by atoms with Crippen LogP contribution < -0.4 is 0 Å². The lowest BCUT2D eigenvalue weighted by Crippen LogP contribution is -2.37. The largest absolute Gasteiger partial charge is 0.481 e. The van der Waals surface area contributed by atoms with Crippen LogP contribution in [0.3, 0.4) is 0 Å². The molecule has 126 valence electrons. The summed E-state index contributed by atoms with van der Waals surface area (Å²) in [5, 5.41) is 9.38. The van der Waals surface area contributed by atoms with Gasteiger partial charge in [-0.05, 0) is 43.4 Å². The van der Waals surface area contributed by atoms with E-state index in [1.165, 1.54) is 17.3 Å². The second-order valence-corrected chi connectivity index (χ2v) is 8.69. The fraction of sp³-hybridized carbons (Fsp3) is 0.533. The van der Waals surface area contributed by atoms with Gasteiger partial charge in [0.25, 0.3) is 0 Å². The zero-order valence-corrected chi connectivity index (χ0v) is 14.1. The predicted octanol–water partition coefficient (Wildman–Crippen LogP) is 2.66. The van der Waals surface area contributed by atoms with Crippen molar-refractivity contribution in [2.24, 2.45) is 11.3 Å². The van der Waals surface area contributed by atoms with Crippen LogP contribution >= 0.6 is 11.6 Å². The zero-order valence-electron chi connectivity index (χ0n) is 12.6. The fourth-order valence-electron chi connectivity index (χ4n) is 3.74. The summed E-state index contributed by atoms with van der Waals surface area (Å²) in [6.07, 6.45) is 1.98.